The molecule has 2 aromatic rings. The minimum Gasteiger partial charge on any atom is -0.478 e. The predicted molar refractivity (Wildman–Crippen MR) is 76.6 cm³/mol. The van der Waals surface area contributed by atoms with Gasteiger partial charge in [0, 0.05) is 18.3 Å². The van der Waals surface area contributed by atoms with Crippen molar-refractivity contribution >= 4 is 28.9 Å². The number of aromatic carboxylic acids is 1. The van der Waals surface area contributed by atoms with Gasteiger partial charge in [0.05, 0.1) is 33.4 Å². The second-order valence-corrected chi connectivity index (χ2v) is 4.52. The molecule has 0 bridgehead atoms. The van der Waals surface area contributed by atoms with Gasteiger partial charge in [0.1, 0.15) is 0 Å². The molecule has 0 aliphatic heterocycles. The maximum Gasteiger partial charge on any atom is 0.335 e. The number of nitro benzene ring substituents is 1. The molecule has 8 heteroatoms. The van der Waals surface area contributed by atoms with Crippen molar-refractivity contribution in [1.82, 2.24) is 4.98 Å². The first-order chi connectivity index (χ1) is 9.97. The summed E-state index contributed by atoms with van der Waals surface area (Å²) in [6, 6.07) is 6.89. The molecule has 0 saturated heterocycles. The molecule has 21 heavy (non-hydrogen) atoms. The topological polar surface area (TPSA) is 105 Å². The number of rotatable bonds is 5. The third-order valence-corrected chi connectivity index (χ3v) is 3.00. The highest BCUT2D eigenvalue weighted by Crippen LogP contribution is 2.26. The summed E-state index contributed by atoms with van der Waals surface area (Å²) in [7, 11) is 0. The van der Waals surface area contributed by atoms with Crippen LogP contribution in [0.1, 0.15) is 16.1 Å². The van der Waals surface area contributed by atoms with Gasteiger partial charge in [0.25, 0.3) is 5.69 Å². The van der Waals surface area contributed by atoms with E-state index in [1.807, 2.05) is 0 Å². The van der Waals surface area contributed by atoms with E-state index in [1.165, 1.54) is 36.5 Å². The lowest BCUT2D eigenvalue weighted by Crippen LogP contribution is -2.05. The molecule has 0 fully saturated rings. The first-order valence-corrected chi connectivity index (χ1v) is 6.21. The number of nitrogens with zero attached hydrogens (tertiary/aromatic N) is 2. The van der Waals surface area contributed by atoms with Crippen LogP contribution in [0.3, 0.4) is 0 Å². The number of anilines is 1. The molecule has 108 valence electrons. The Morgan fingerprint density at radius 2 is 2.14 bits per heavy atom. The van der Waals surface area contributed by atoms with Crippen molar-refractivity contribution in [1.29, 1.82) is 0 Å². The van der Waals surface area contributed by atoms with Gasteiger partial charge < -0.3 is 10.4 Å². The molecule has 0 spiro atoms. The van der Waals surface area contributed by atoms with E-state index in [-0.39, 0.29) is 22.8 Å². The van der Waals surface area contributed by atoms with Crippen LogP contribution in [0.15, 0.2) is 36.5 Å². The predicted octanol–water partition coefficient (Wildman–Crippen LogP) is 2.95. The molecule has 0 saturated carbocycles. The fourth-order valence-corrected chi connectivity index (χ4v) is 1.90. The van der Waals surface area contributed by atoms with E-state index in [0.717, 1.165) is 0 Å². The molecule has 2 rings (SSSR count). The average molecular weight is 308 g/mol. The van der Waals surface area contributed by atoms with Crippen molar-refractivity contribution in [2.45, 2.75) is 6.54 Å². The molecule has 0 unspecified atom stereocenters. The number of benzene rings is 1. The van der Waals surface area contributed by atoms with Gasteiger partial charge in [-0.1, -0.05) is 11.6 Å². The highest BCUT2D eigenvalue weighted by atomic mass is 35.5. The Bertz CT molecular complexity index is 706. The van der Waals surface area contributed by atoms with E-state index in [4.69, 9.17) is 16.7 Å². The molecule has 0 atom stereocenters. The van der Waals surface area contributed by atoms with E-state index in [9.17, 15) is 14.9 Å². The van der Waals surface area contributed by atoms with Crippen molar-refractivity contribution in [2.24, 2.45) is 0 Å². The zero-order valence-electron chi connectivity index (χ0n) is 10.6. The normalized spacial score (nSPS) is 10.1. The molecule has 0 amide bonds. The van der Waals surface area contributed by atoms with Crippen molar-refractivity contribution in [3.8, 4) is 0 Å². The number of carboxylic acids is 1. The number of aromatic nitrogens is 1. The maximum absolute atomic E-state index is 10.8. The zero-order valence-corrected chi connectivity index (χ0v) is 11.4. The van der Waals surface area contributed by atoms with Gasteiger partial charge in [-0.2, -0.15) is 0 Å². The van der Waals surface area contributed by atoms with Crippen LogP contribution in [0, 0.1) is 10.1 Å². The number of non-ortho nitro benzene ring substituents is 1. The number of carboxylic acid groups (broad SMARTS) is 1. The molecule has 1 aromatic carbocycles. The number of pyridine rings is 1. The first-order valence-electron chi connectivity index (χ1n) is 5.83. The van der Waals surface area contributed by atoms with Crippen LogP contribution in [-0.2, 0) is 6.54 Å². The van der Waals surface area contributed by atoms with E-state index in [0.29, 0.717) is 11.4 Å². The number of nitro groups is 1. The van der Waals surface area contributed by atoms with Crippen LogP contribution in [0.25, 0.3) is 0 Å². The molecule has 1 heterocycles. The smallest absolute Gasteiger partial charge is 0.335 e. The van der Waals surface area contributed by atoms with Gasteiger partial charge in [0.2, 0.25) is 0 Å². The van der Waals surface area contributed by atoms with Gasteiger partial charge in [-0.3, -0.25) is 15.1 Å². The molecule has 0 radical (unpaired) electrons. The summed E-state index contributed by atoms with van der Waals surface area (Å²) in [5.41, 5.74) is 1.06. The average Bonchev–Trinajstić information content (AvgIpc) is 2.46. The van der Waals surface area contributed by atoms with E-state index >= 15 is 0 Å². The Morgan fingerprint density at radius 1 is 1.38 bits per heavy atom. The molecular formula is C13H10ClN3O4. The number of carbonyl (C=O) groups is 1. The summed E-state index contributed by atoms with van der Waals surface area (Å²) in [5.74, 6) is -1.04. The lowest BCUT2D eigenvalue weighted by Gasteiger charge is -2.08. The van der Waals surface area contributed by atoms with Crippen molar-refractivity contribution in [3.63, 3.8) is 0 Å². The molecule has 0 aliphatic rings. The lowest BCUT2D eigenvalue weighted by atomic mass is 10.2. The Labute approximate surface area is 124 Å². The van der Waals surface area contributed by atoms with Crippen molar-refractivity contribution in [2.75, 3.05) is 5.32 Å². The van der Waals surface area contributed by atoms with Gasteiger partial charge >= 0.3 is 5.97 Å². The summed E-state index contributed by atoms with van der Waals surface area (Å²) >= 11 is 5.94. The minimum absolute atomic E-state index is 0.100. The van der Waals surface area contributed by atoms with E-state index in [1.54, 1.807) is 0 Å². The van der Waals surface area contributed by atoms with E-state index < -0.39 is 10.9 Å². The maximum atomic E-state index is 10.8. The number of hydrogen-bond acceptors (Lipinski definition) is 5. The number of nitrogens with one attached hydrogen (secondary N) is 1. The Hall–Kier alpha value is -2.67. The first kappa shape index (κ1) is 14.7. The summed E-state index contributed by atoms with van der Waals surface area (Å²) in [4.78, 5) is 25.0. The zero-order chi connectivity index (χ0) is 15.4. The second-order valence-electron chi connectivity index (χ2n) is 4.12. The second kappa shape index (κ2) is 6.19. The van der Waals surface area contributed by atoms with Crippen LogP contribution in [-0.4, -0.2) is 21.0 Å². The highest BCUT2D eigenvalue weighted by Gasteiger charge is 2.10. The highest BCUT2D eigenvalue weighted by molar-refractivity contribution is 6.33. The SMILES string of the molecule is O=C(O)c1ccnc(CNc2ccc([N+](=O)[O-])cc2Cl)c1. The van der Waals surface area contributed by atoms with Crippen LogP contribution < -0.4 is 5.32 Å². The fourth-order valence-electron chi connectivity index (χ4n) is 1.65. The Balaban J connectivity index is 2.11. The van der Waals surface area contributed by atoms with Crippen LogP contribution in [0.2, 0.25) is 5.02 Å². The summed E-state index contributed by atoms with van der Waals surface area (Å²) in [6.07, 6.45) is 1.40. The number of halogens is 1. The summed E-state index contributed by atoms with van der Waals surface area (Å²) in [5, 5.41) is 22.7. The molecular weight excluding hydrogens is 298 g/mol. The monoisotopic (exact) mass is 307 g/mol. The Kier molecular flexibility index (Phi) is 4.34. The largest absolute Gasteiger partial charge is 0.478 e. The van der Waals surface area contributed by atoms with Crippen LogP contribution in [0.5, 0.6) is 0 Å². The molecule has 0 aliphatic carbocycles. The Morgan fingerprint density at radius 3 is 2.76 bits per heavy atom. The third kappa shape index (κ3) is 3.67. The van der Waals surface area contributed by atoms with Crippen LogP contribution >= 0.6 is 11.6 Å². The van der Waals surface area contributed by atoms with Crippen molar-refractivity contribution in [3.05, 3.63) is 62.9 Å². The van der Waals surface area contributed by atoms with Gasteiger partial charge in [-0.15, -0.1) is 0 Å². The molecule has 7 nitrogen and oxygen atoms in total. The molecule has 2 N–H and O–H groups in total. The van der Waals surface area contributed by atoms with Crippen molar-refractivity contribution < 1.29 is 14.8 Å². The quantitative estimate of drug-likeness (QED) is 0.650. The molecule has 1 aromatic heterocycles. The van der Waals surface area contributed by atoms with Gasteiger partial charge in [-0.05, 0) is 18.2 Å². The fraction of sp³-hybridized carbons (Fsp3) is 0.0769. The van der Waals surface area contributed by atoms with Gasteiger partial charge in [0.15, 0.2) is 0 Å². The van der Waals surface area contributed by atoms with E-state index in [2.05, 4.69) is 10.3 Å². The standard InChI is InChI=1S/C13H10ClN3O4/c14-11-6-10(17(20)21)1-2-12(11)16-7-9-5-8(13(18)19)3-4-15-9/h1-6,16H,7H2,(H,18,19). The van der Waals surface area contributed by atoms with Crippen LogP contribution in [0.4, 0.5) is 11.4 Å². The minimum atomic E-state index is -1.04. The lowest BCUT2D eigenvalue weighted by molar-refractivity contribution is -0.384. The summed E-state index contributed by atoms with van der Waals surface area (Å²) in [6.45, 7) is 0.249. The number of hydrogen-bond donors (Lipinski definition) is 2. The van der Waals surface area contributed by atoms with Gasteiger partial charge in [-0.25, -0.2) is 4.79 Å². The third-order valence-electron chi connectivity index (χ3n) is 2.69. The summed E-state index contributed by atoms with van der Waals surface area (Å²) < 4.78 is 0.